The summed E-state index contributed by atoms with van der Waals surface area (Å²) in [6.07, 6.45) is 4.66. The highest BCUT2D eigenvalue weighted by Crippen LogP contribution is 2.41. The molecule has 2 heterocycles. The van der Waals surface area contributed by atoms with Gasteiger partial charge in [0.15, 0.2) is 0 Å². The fourth-order valence-electron chi connectivity index (χ4n) is 3.82. The summed E-state index contributed by atoms with van der Waals surface area (Å²) in [6, 6.07) is 12.0. The predicted molar refractivity (Wildman–Crippen MR) is 97.5 cm³/mol. The quantitative estimate of drug-likeness (QED) is 0.938. The zero-order valence-electron chi connectivity index (χ0n) is 14.1. The summed E-state index contributed by atoms with van der Waals surface area (Å²) in [7, 11) is 0. The largest absolute Gasteiger partial charge is 0.365 e. The van der Waals surface area contributed by atoms with E-state index >= 15 is 0 Å². The number of hydrogen-bond acceptors (Lipinski definition) is 3. The van der Waals surface area contributed by atoms with Crippen LogP contribution in [0.25, 0.3) is 0 Å². The Labute approximate surface area is 146 Å². The van der Waals surface area contributed by atoms with Crippen LogP contribution in [0, 0.1) is 0 Å². The van der Waals surface area contributed by atoms with Gasteiger partial charge in [-0.05, 0) is 49.8 Å². The van der Waals surface area contributed by atoms with Crippen molar-refractivity contribution in [3.63, 3.8) is 0 Å². The lowest BCUT2D eigenvalue weighted by Gasteiger charge is -2.38. The van der Waals surface area contributed by atoms with Crippen molar-refractivity contribution in [2.45, 2.75) is 37.6 Å². The molecular formula is C20H21N3O2. The average molecular weight is 335 g/mol. The maximum absolute atomic E-state index is 13.2. The Morgan fingerprint density at radius 2 is 1.76 bits per heavy atom. The van der Waals surface area contributed by atoms with Gasteiger partial charge in [-0.25, -0.2) is 0 Å². The lowest BCUT2D eigenvalue weighted by Crippen LogP contribution is -2.45. The SMILES string of the molecule is O=C(c1cc(C2CC2)[nH]c(=O)c1)N1CCN(C2CC2)c2ccccc21. The molecule has 1 N–H and O–H groups in total. The number of carbonyl (C=O) groups excluding carboxylic acids is 1. The molecule has 0 saturated heterocycles. The van der Waals surface area contributed by atoms with Gasteiger partial charge in [-0.2, -0.15) is 0 Å². The normalized spacial score (nSPS) is 19.7. The first-order chi connectivity index (χ1) is 12.2. The minimum atomic E-state index is -0.183. The highest BCUT2D eigenvalue weighted by molar-refractivity contribution is 6.08. The van der Waals surface area contributed by atoms with Crippen molar-refractivity contribution < 1.29 is 4.79 Å². The first-order valence-corrected chi connectivity index (χ1v) is 9.12. The first-order valence-electron chi connectivity index (χ1n) is 9.12. The van der Waals surface area contributed by atoms with Crippen LogP contribution in [0.2, 0.25) is 0 Å². The number of nitrogens with zero attached hydrogens (tertiary/aromatic N) is 2. The molecule has 0 atom stereocenters. The third-order valence-electron chi connectivity index (χ3n) is 5.41. The molecule has 25 heavy (non-hydrogen) atoms. The Morgan fingerprint density at radius 3 is 2.48 bits per heavy atom. The number of hydrogen-bond donors (Lipinski definition) is 1. The van der Waals surface area contributed by atoms with Gasteiger partial charge in [0.25, 0.3) is 5.91 Å². The van der Waals surface area contributed by atoms with Crippen molar-refractivity contribution in [2.24, 2.45) is 0 Å². The number of amides is 1. The summed E-state index contributed by atoms with van der Waals surface area (Å²) in [5.74, 6) is 0.343. The number of carbonyl (C=O) groups is 1. The summed E-state index contributed by atoms with van der Waals surface area (Å²) >= 11 is 0. The van der Waals surface area contributed by atoms with Crippen LogP contribution in [0.5, 0.6) is 0 Å². The molecule has 2 aromatic rings. The van der Waals surface area contributed by atoms with Crippen LogP contribution in [-0.2, 0) is 0 Å². The molecular weight excluding hydrogens is 314 g/mol. The van der Waals surface area contributed by atoms with Gasteiger partial charge >= 0.3 is 0 Å². The zero-order valence-corrected chi connectivity index (χ0v) is 14.1. The van der Waals surface area contributed by atoms with Crippen molar-refractivity contribution >= 4 is 17.3 Å². The third-order valence-corrected chi connectivity index (χ3v) is 5.41. The van der Waals surface area contributed by atoms with Crippen LogP contribution in [0.1, 0.15) is 47.7 Å². The molecule has 128 valence electrons. The number of para-hydroxylation sites is 2. The second kappa shape index (κ2) is 5.48. The second-order valence-corrected chi connectivity index (χ2v) is 7.33. The maximum atomic E-state index is 13.2. The Hall–Kier alpha value is -2.56. The van der Waals surface area contributed by atoms with Gasteiger partial charge in [0.05, 0.1) is 11.4 Å². The second-order valence-electron chi connectivity index (χ2n) is 7.33. The van der Waals surface area contributed by atoms with Crippen LogP contribution in [0.4, 0.5) is 11.4 Å². The van der Waals surface area contributed by atoms with Crippen LogP contribution in [0.3, 0.4) is 0 Å². The summed E-state index contributed by atoms with van der Waals surface area (Å²) in [4.78, 5) is 32.3. The van der Waals surface area contributed by atoms with Gasteiger partial charge in [0, 0.05) is 36.5 Å². The van der Waals surface area contributed by atoms with Crippen molar-refractivity contribution in [2.75, 3.05) is 22.9 Å². The number of fused-ring (bicyclic) bond motifs is 1. The van der Waals surface area contributed by atoms with E-state index in [4.69, 9.17) is 0 Å². The zero-order chi connectivity index (χ0) is 17.0. The Morgan fingerprint density at radius 1 is 1.00 bits per heavy atom. The average Bonchev–Trinajstić information content (AvgIpc) is 3.52. The van der Waals surface area contributed by atoms with Crippen molar-refractivity contribution in [1.29, 1.82) is 0 Å². The van der Waals surface area contributed by atoms with E-state index in [9.17, 15) is 9.59 Å². The summed E-state index contributed by atoms with van der Waals surface area (Å²) in [5, 5.41) is 0. The smallest absolute Gasteiger partial charge is 0.258 e. The Bertz CT molecular complexity index is 896. The van der Waals surface area contributed by atoms with Crippen molar-refractivity contribution in [3.8, 4) is 0 Å². The molecule has 1 aromatic heterocycles. The molecule has 5 heteroatoms. The summed E-state index contributed by atoms with van der Waals surface area (Å²) < 4.78 is 0. The molecule has 3 aliphatic rings. The van der Waals surface area contributed by atoms with Crippen LogP contribution in [0.15, 0.2) is 41.2 Å². The van der Waals surface area contributed by atoms with E-state index in [0.29, 0.717) is 24.1 Å². The molecule has 2 aliphatic carbocycles. The molecule has 1 aliphatic heterocycles. The van der Waals surface area contributed by atoms with Crippen LogP contribution in [-0.4, -0.2) is 30.0 Å². The number of anilines is 2. The molecule has 1 aromatic carbocycles. The lowest BCUT2D eigenvalue weighted by atomic mass is 10.1. The van der Waals surface area contributed by atoms with E-state index in [2.05, 4.69) is 16.0 Å². The molecule has 5 rings (SSSR count). The van der Waals surface area contributed by atoms with Crippen molar-refractivity contribution in [1.82, 2.24) is 4.98 Å². The molecule has 0 unspecified atom stereocenters. The van der Waals surface area contributed by atoms with Gasteiger partial charge in [-0.3, -0.25) is 9.59 Å². The molecule has 2 fully saturated rings. The van der Waals surface area contributed by atoms with E-state index < -0.39 is 0 Å². The number of aromatic amines is 1. The number of pyridine rings is 1. The Balaban J connectivity index is 1.51. The molecule has 0 radical (unpaired) electrons. The van der Waals surface area contributed by atoms with Crippen molar-refractivity contribution in [3.05, 3.63) is 58.0 Å². The topological polar surface area (TPSA) is 56.4 Å². The van der Waals surface area contributed by atoms with Gasteiger partial charge in [-0.15, -0.1) is 0 Å². The van der Waals surface area contributed by atoms with E-state index in [-0.39, 0.29) is 11.5 Å². The number of H-pyrrole nitrogens is 1. The van der Waals surface area contributed by atoms with Gasteiger partial charge < -0.3 is 14.8 Å². The minimum absolute atomic E-state index is 0.0732. The third kappa shape index (κ3) is 2.64. The fraction of sp³-hybridized carbons (Fsp3) is 0.400. The van der Waals surface area contributed by atoms with Gasteiger partial charge in [-0.1, -0.05) is 12.1 Å². The molecule has 5 nitrogen and oxygen atoms in total. The highest BCUT2D eigenvalue weighted by atomic mass is 16.2. The van der Waals surface area contributed by atoms with E-state index in [1.165, 1.54) is 18.9 Å². The lowest BCUT2D eigenvalue weighted by molar-refractivity contribution is 0.0986. The number of nitrogens with one attached hydrogen (secondary N) is 1. The maximum Gasteiger partial charge on any atom is 0.258 e. The minimum Gasteiger partial charge on any atom is -0.365 e. The monoisotopic (exact) mass is 335 g/mol. The van der Waals surface area contributed by atoms with E-state index in [0.717, 1.165) is 36.5 Å². The molecule has 0 bridgehead atoms. The first kappa shape index (κ1) is 14.8. The molecule has 0 spiro atoms. The standard InChI is InChI=1S/C20H21N3O2/c24-19-12-14(11-16(21-19)13-5-6-13)20(25)23-10-9-22(15-7-8-15)17-3-1-2-4-18(17)23/h1-4,11-13,15H,5-10H2,(H,21,24). The fourth-order valence-corrected chi connectivity index (χ4v) is 3.82. The number of rotatable bonds is 3. The number of aromatic nitrogens is 1. The van der Waals surface area contributed by atoms with E-state index in [1.807, 2.05) is 29.2 Å². The summed E-state index contributed by atoms with van der Waals surface area (Å²) in [6.45, 7) is 1.52. The predicted octanol–water partition coefficient (Wildman–Crippen LogP) is 2.88. The van der Waals surface area contributed by atoms with Crippen LogP contribution >= 0.6 is 0 Å². The van der Waals surface area contributed by atoms with Gasteiger partial charge in [0.2, 0.25) is 5.56 Å². The Kier molecular flexibility index (Phi) is 3.23. The van der Waals surface area contributed by atoms with E-state index in [1.54, 1.807) is 0 Å². The number of benzene rings is 1. The summed E-state index contributed by atoms with van der Waals surface area (Å²) in [5.41, 5.74) is 3.31. The molecule has 1 amide bonds. The molecule has 2 saturated carbocycles. The van der Waals surface area contributed by atoms with Crippen LogP contribution < -0.4 is 15.4 Å². The highest BCUT2D eigenvalue weighted by Gasteiger charge is 2.36. The van der Waals surface area contributed by atoms with Gasteiger partial charge in [0.1, 0.15) is 0 Å².